The van der Waals surface area contributed by atoms with Crippen LogP contribution in [0, 0.1) is 0 Å². The topological polar surface area (TPSA) is 44.8 Å². The molecule has 0 aromatic heterocycles. The highest BCUT2D eigenvalue weighted by Crippen LogP contribution is 2.31. The lowest BCUT2D eigenvalue weighted by Gasteiger charge is -2.14. The average molecular weight is 469 g/mol. The van der Waals surface area contributed by atoms with E-state index in [4.69, 9.17) is 14.2 Å². The van der Waals surface area contributed by atoms with Gasteiger partial charge in [0.2, 0.25) is 0 Å². The molecule has 0 radical (unpaired) electrons. The minimum Gasteiger partial charge on any atom is -0.490 e. The van der Waals surface area contributed by atoms with Gasteiger partial charge >= 0.3 is 5.97 Å². The smallest absolute Gasteiger partial charge is 0.347 e. The van der Waals surface area contributed by atoms with Crippen LogP contribution in [0.1, 0.15) is 42.1 Å². The largest absolute Gasteiger partial charge is 0.490 e. The second kappa shape index (κ2) is 10.8. The summed E-state index contributed by atoms with van der Waals surface area (Å²) in [7, 11) is 0. The molecule has 0 aliphatic rings. The van der Waals surface area contributed by atoms with Gasteiger partial charge in [-0.1, -0.05) is 50.2 Å². The lowest BCUT2D eigenvalue weighted by atomic mass is 9.99. The Labute approximate surface area is 185 Å². The van der Waals surface area contributed by atoms with Gasteiger partial charge in [0.25, 0.3) is 0 Å². The molecule has 0 heterocycles. The summed E-state index contributed by atoms with van der Waals surface area (Å²) in [6.45, 7) is 5.00. The van der Waals surface area contributed by atoms with Crippen molar-refractivity contribution in [3.8, 4) is 17.2 Å². The molecule has 1 unspecified atom stereocenters. The molecule has 0 aliphatic carbocycles. The highest BCUT2D eigenvalue weighted by atomic mass is 79.9. The summed E-state index contributed by atoms with van der Waals surface area (Å²) in [4.78, 5) is 12.8. The SMILES string of the molecule is CCC(C)c1ccc(OC(=O)c2ccccc2OCCOc2ccccc2)c(Br)c1. The lowest BCUT2D eigenvalue weighted by molar-refractivity contribution is 0.0728. The van der Waals surface area contributed by atoms with Gasteiger partial charge in [0, 0.05) is 0 Å². The monoisotopic (exact) mass is 468 g/mol. The van der Waals surface area contributed by atoms with E-state index in [1.165, 1.54) is 5.56 Å². The van der Waals surface area contributed by atoms with Crippen molar-refractivity contribution in [1.82, 2.24) is 0 Å². The first-order valence-electron chi connectivity index (χ1n) is 9.99. The molecule has 3 aromatic rings. The Morgan fingerprint density at radius 2 is 1.60 bits per heavy atom. The first-order valence-corrected chi connectivity index (χ1v) is 10.8. The number of para-hydroxylation sites is 2. The Bertz CT molecular complexity index is 972. The fourth-order valence-electron chi connectivity index (χ4n) is 2.89. The fourth-order valence-corrected chi connectivity index (χ4v) is 3.36. The number of ether oxygens (including phenoxy) is 3. The molecule has 156 valence electrons. The summed E-state index contributed by atoms with van der Waals surface area (Å²) in [5.41, 5.74) is 1.57. The maximum atomic E-state index is 12.8. The van der Waals surface area contributed by atoms with Crippen molar-refractivity contribution < 1.29 is 19.0 Å². The molecule has 0 N–H and O–H groups in total. The minimum atomic E-state index is -0.466. The minimum absolute atomic E-state index is 0.312. The Hall–Kier alpha value is -2.79. The molecule has 4 nitrogen and oxygen atoms in total. The molecule has 0 spiro atoms. The molecule has 3 aromatic carbocycles. The molecule has 0 bridgehead atoms. The molecule has 3 rings (SSSR count). The van der Waals surface area contributed by atoms with E-state index in [9.17, 15) is 4.79 Å². The zero-order valence-corrected chi connectivity index (χ0v) is 18.7. The third-order valence-corrected chi connectivity index (χ3v) is 5.42. The summed E-state index contributed by atoms with van der Waals surface area (Å²) in [5, 5.41) is 0. The molecular weight excluding hydrogens is 444 g/mol. The van der Waals surface area contributed by atoms with Crippen LogP contribution in [-0.2, 0) is 0 Å². The van der Waals surface area contributed by atoms with Crippen LogP contribution in [0.5, 0.6) is 17.2 Å². The van der Waals surface area contributed by atoms with Crippen molar-refractivity contribution in [2.75, 3.05) is 13.2 Å². The zero-order valence-electron chi connectivity index (χ0n) is 17.1. The Balaban J connectivity index is 1.62. The zero-order chi connectivity index (χ0) is 21.3. The van der Waals surface area contributed by atoms with E-state index < -0.39 is 5.97 Å². The number of benzene rings is 3. The van der Waals surface area contributed by atoms with E-state index >= 15 is 0 Å². The van der Waals surface area contributed by atoms with E-state index in [0.29, 0.717) is 36.2 Å². The molecule has 0 amide bonds. The number of hydrogen-bond donors (Lipinski definition) is 0. The first-order chi connectivity index (χ1) is 14.6. The fraction of sp³-hybridized carbons (Fsp3) is 0.240. The van der Waals surface area contributed by atoms with E-state index in [-0.39, 0.29) is 0 Å². The molecule has 0 saturated heterocycles. The van der Waals surface area contributed by atoms with Crippen LogP contribution >= 0.6 is 15.9 Å². The van der Waals surface area contributed by atoms with Crippen LogP contribution in [-0.4, -0.2) is 19.2 Å². The van der Waals surface area contributed by atoms with Crippen LogP contribution in [0.15, 0.2) is 77.3 Å². The summed E-state index contributed by atoms with van der Waals surface area (Å²) in [5.74, 6) is 1.70. The quantitative estimate of drug-likeness (QED) is 0.200. The van der Waals surface area contributed by atoms with Gasteiger partial charge in [0.1, 0.15) is 36.0 Å². The van der Waals surface area contributed by atoms with Crippen molar-refractivity contribution in [3.63, 3.8) is 0 Å². The number of hydrogen-bond acceptors (Lipinski definition) is 4. The van der Waals surface area contributed by atoms with Gasteiger partial charge in [-0.3, -0.25) is 0 Å². The van der Waals surface area contributed by atoms with Gasteiger partial charge in [-0.25, -0.2) is 4.79 Å². The normalized spacial score (nSPS) is 11.6. The van der Waals surface area contributed by atoms with Crippen LogP contribution in [0.2, 0.25) is 0 Å². The van der Waals surface area contributed by atoms with Crippen molar-refractivity contribution >= 4 is 21.9 Å². The molecule has 0 aliphatic heterocycles. The molecule has 5 heteroatoms. The predicted octanol–water partition coefficient (Wildman–Crippen LogP) is 6.64. The van der Waals surface area contributed by atoms with Crippen LogP contribution in [0.4, 0.5) is 0 Å². The van der Waals surface area contributed by atoms with E-state index in [1.54, 1.807) is 18.2 Å². The third-order valence-electron chi connectivity index (χ3n) is 4.80. The molecule has 30 heavy (non-hydrogen) atoms. The van der Waals surface area contributed by atoms with Crippen LogP contribution < -0.4 is 14.2 Å². The lowest BCUT2D eigenvalue weighted by Crippen LogP contribution is -2.14. The number of rotatable bonds is 9. The maximum Gasteiger partial charge on any atom is 0.347 e. The molecular formula is C25H25BrO4. The van der Waals surface area contributed by atoms with E-state index in [2.05, 4.69) is 29.8 Å². The van der Waals surface area contributed by atoms with Gasteiger partial charge in [0.15, 0.2) is 0 Å². The number of halogens is 1. The average Bonchev–Trinajstić information content (AvgIpc) is 2.78. The molecule has 0 fully saturated rings. The van der Waals surface area contributed by atoms with Crippen molar-refractivity contribution in [2.24, 2.45) is 0 Å². The Morgan fingerprint density at radius 1 is 0.900 bits per heavy atom. The predicted molar refractivity (Wildman–Crippen MR) is 122 cm³/mol. The van der Waals surface area contributed by atoms with E-state index in [1.807, 2.05) is 54.6 Å². The second-order valence-electron chi connectivity index (χ2n) is 6.89. The van der Waals surface area contributed by atoms with Gasteiger partial charge in [-0.15, -0.1) is 0 Å². The van der Waals surface area contributed by atoms with Crippen molar-refractivity contribution in [2.45, 2.75) is 26.2 Å². The highest BCUT2D eigenvalue weighted by molar-refractivity contribution is 9.10. The summed E-state index contributed by atoms with van der Waals surface area (Å²) in [6.07, 6.45) is 1.05. The third kappa shape index (κ3) is 5.86. The van der Waals surface area contributed by atoms with E-state index in [0.717, 1.165) is 16.6 Å². The van der Waals surface area contributed by atoms with Crippen molar-refractivity contribution in [3.05, 3.63) is 88.4 Å². The maximum absolute atomic E-state index is 12.8. The summed E-state index contributed by atoms with van der Waals surface area (Å²) < 4.78 is 17.8. The number of carbonyl (C=O) groups is 1. The highest BCUT2D eigenvalue weighted by Gasteiger charge is 2.17. The first kappa shape index (κ1) is 21.9. The van der Waals surface area contributed by atoms with Gasteiger partial charge in [0.05, 0.1) is 4.47 Å². The molecule has 1 atom stereocenters. The van der Waals surface area contributed by atoms with Gasteiger partial charge in [-0.2, -0.15) is 0 Å². The summed E-state index contributed by atoms with van der Waals surface area (Å²) >= 11 is 3.51. The summed E-state index contributed by atoms with van der Waals surface area (Å²) in [6, 6.07) is 22.4. The standard InChI is InChI=1S/C25H25BrO4/c1-3-18(2)19-13-14-24(22(26)17-19)30-25(27)21-11-7-8-12-23(21)29-16-15-28-20-9-5-4-6-10-20/h4-14,17-18H,3,15-16H2,1-2H3. The number of carbonyl (C=O) groups excluding carboxylic acids is 1. The van der Waals surface area contributed by atoms with Crippen molar-refractivity contribution in [1.29, 1.82) is 0 Å². The van der Waals surface area contributed by atoms with Gasteiger partial charge < -0.3 is 14.2 Å². The second-order valence-corrected chi connectivity index (χ2v) is 7.75. The molecule has 0 saturated carbocycles. The Morgan fingerprint density at radius 3 is 2.33 bits per heavy atom. The Kier molecular flexibility index (Phi) is 7.91. The van der Waals surface area contributed by atoms with Crippen LogP contribution in [0.3, 0.4) is 0 Å². The van der Waals surface area contributed by atoms with Crippen LogP contribution in [0.25, 0.3) is 0 Å². The van der Waals surface area contributed by atoms with Gasteiger partial charge in [-0.05, 0) is 70.2 Å². The number of esters is 1.